The summed E-state index contributed by atoms with van der Waals surface area (Å²) >= 11 is 0. The Kier molecular flexibility index (Phi) is 3.87. The molecule has 0 radical (unpaired) electrons. The van der Waals surface area contributed by atoms with Gasteiger partial charge < -0.3 is 10.6 Å². The van der Waals surface area contributed by atoms with Crippen molar-refractivity contribution >= 4 is 11.6 Å². The van der Waals surface area contributed by atoms with Gasteiger partial charge in [0.15, 0.2) is 0 Å². The SMILES string of the molecule is O=C(Nc1ccc(-c2cc(=O)[nH][nH]2)cc1)[C@@H]1CCCNC1. The zero-order valence-electron chi connectivity index (χ0n) is 11.6. The van der Waals surface area contributed by atoms with Gasteiger partial charge in [-0.15, -0.1) is 0 Å². The molecule has 2 heterocycles. The van der Waals surface area contributed by atoms with Crippen LogP contribution < -0.4 is 16.2 Å². The molecule has 1 atom stereocenters. The van der Waals surface area contributed by atoms with Crippen LogP contribution >= 0.6 is 0 Å². The third kappa shape index (κ3) is 3.22. The highest BCUT2D eigenvalue weighted by atomic mass is 16.2. The smallest absolute Gasteiger partial charge is 0.264 e. The average molecular weight is 286 g/mol. The monoisotopic (exact) mass is 286 g/mol. The first kappa shape index (κ1) is 13.6. The molecule has 2 aromatic rings. The van der Waals surface area contributed by atoms with E-state index in [2.05, 4.69) is 20.8 Å². The Morgan fingerprint density at radius 3 is 2.62 bits per heavy atom. The minimum absolute atomic E-state index is 0.0412. The first-order chi connectivity index (χ1) is 10.2. The molecule has 21 heavy (non-hydrogen) atoms. The van der Waals surface area contributed by atoms with Crippen molar-refractivity contribution in [1.82, 2.24) is 15.5 Å². The van der Waals surface area contributed by atoms with Crippen molar-refractivity contribution in [2.45, 2.75) is 12.8 Å². The molecular formula is C15H18N4O2. The number of anilines is 1. The van der Waals surface area contributed by atoms with Gasteiger partial charge in [0, 0.05) is 18.3 Å². The van der Waals surface area contributed by atoms with Crippen LogP contribution in [0.2, 0.25) is 0 Å². The maximum Gasteiger partial charge on any atom is 0.264 e. The van der Waals surface area contributed by atoms with E-state index in [0.717, 1.165) is 42.9 Å². The van der Waals surface area contributed by atoms with Crippen molar-refractivity contribution in [2.75, 3.05) is 18.4 Å². The van der Waals surface area contributed by atoms with E-state index >= 15 is 0 Å². The molecule has 1 amide bonds. The maximum atomic E-state index is 12.1. The van der Waals surface area contributed by atoms with E-state index in [-0.39, 0.29) is 17.4 Å². The molecule has 1 fully saturated rings. The quantitative estimate of drug-likeness (QED) is 0.686. The lowest BCUT2D eigenvalue weighted by molar-refractivity contribution is -0.120. The molecule has 1 aliphatic rings. The predicted molar refractivity (Wildman–Crippen MR) is 81.1 cm³/mol. The Labute approximate surface area is 121 Å². The molecule has 1 saturated heterocycles. The third-order valence-electron chi connectivity index (χ3n) is 3.73. The van der Waals surface area contributed by atoms with Gasteiger partial charge in [-0.25, -0.2) is 0 Å². The van der Waals surface area contributed by atoms with E-state index < -0.39 is 0 Å². The number of carbonyl (C=O) groups is 1. The molecule has 1 aliphatic heterocycles. The number of piperidine rings is 1. The van der Waals surface area contributed by atoms with Crippen molar-refractivity contribution in [3.63, 3.8) is 0 Å². The Morgan fingerprint density at radius 1 is 1.19 bits per heavy atom. The van der Waals surface area contributed by atoms with E-state index in [0.29, 0.717) is 0 Å². The lowest BCUT2D eigenvalue weighted by Gasteiger charge is -2.21. The number of aromatic nitrogens is 2. The van der Waals surface area contributed by atoms with Gasteiger partial charge in [-0.1, -0.05) is 12.1 Å². The highest BCUT2D eigenvalue weighted by molar-refractivity contribution is 5.93. The summed E-state index contributed by atoms with van der Waals surface area (Å²) in [4.78, 5) is 23.2. The summed E-state index contributed by atoms with van der Waals surface area (Å²) in [7, 11) is 0. The van der Waals surface area contributed by atoms with Crippen LogP contribution in [0, 0.1) is 5.92 Å². The van der Waals surface area contributed by atoms with E-state index in [1.54, 1.807) is 0 Å². The van der Waals surface area contributed by atoms with Crippen LogP contribution in [-0.2, 0) is 4.79 Å². The van der Waals surface area contributed by atoms with Gasteiger partial charge in [0.25, 0.3) is 5.56 Å². The van der Waals surface area contributed by atoms with Crippen LogP contribution in [0.3, 0.4) is 0 Å². The first-order valence-electron chi connectivity index (χ1n) is 7.12. The number of benzene rings is 1. The molecule has 6 heteroatoms. The number of H-pyrrole nitrogens is 2. The van der Waals surface area contributed by atoms with Crippen LogP contribution in [0.5, 0.6) is 0 Å². The van der Waals surface area contributed by atoms with Gasteiger partial charge in [0.2, 0.25) is 5.91 Å². The van der Waals surface area contributed by atoms with E-state index in [4.69, 9.17) is 0 Å². The second kappa shape index (κ2) is 5.97. The van der Waals surface area contributed by atoms with E-state index in [9.17, 15) is 9.59 Å². The van der Waals surface area contributed by atoms with Crippen molar-refractivity contribution in [2.24, 2.45) is 5.92 Å². The molecule has 4 N–H and O–H groups in total. The van der Waals surface area contributed by atoms with Crippen molar-refractivity contribution < 1.29 is 4.79 Å². The minimum Gasteiger partial charge on any atom is -0.326 e. The molecule has 3 rings (SSSR count). The minimum atomic E-state index is -0.160. The normalized spacial score (nSPS) is 18.4. The summed E-state index contributed by atoms with van der Waals surface area (Å²) in [6.45, 7) is 1.74. The summed E-state index contributed by atoms with van der Waals surface area (Å²) in [6, 6.07) is 8.92. The number of nitrogens with one attached hydrogen (secondary N) is 4. The summed E-state index contributed by atoms with van der Waals surface area (Å²) in [5.41, 5.74) is 2.24. The topological polar surface area (TPSA) is 89.8 Å². The number of aromatic amines is 2. The molecule has 110 valence electrons. The number of hydrogen-bond donors (Lipinski definition) is 4. The second-order valence-electron chi connectivity index (χ2n) is 5.28. The summed E-state index contributed by atoms with van der Waals surface area (Å²) in [5, 5.41) is 11.5. The molecular weight excluding hydrogens is 268 g/mol. The lowest BCUT2D eigenvalue weighted by Crippen LogP contribution is -2.37. The van der Waals surface area contributed by atoms with Gasteiger partial charge in [-0.05, 0) is 37.1 Å². The standard InChI is InChI=1S/C15H18N4O2/c20-14-8-13(18-19-14)10-3-5-12(6-4-10)17-15(21)11-2-1-7-16-9-11/h3-6,8,11,16H,1-2,7,9H2,(H,17,21)(H2,18,19,20)/t11-/m1/s1. The fraction of sp³-hybridized carbons (Fsp3) is 0.333. The highest BCUT2D eigenvalue weighted by Crippen LogP contribution is 2.19. The van der Waals surface area contributed by atoms with Crippen molar-refractivity contribution in [3.8, 4) is 11.3 Å². The van der Waals surface area contributed by atoms with Gasteiger partial charge in [0.1, 0.15) is 0 Å². The highest BCUT2D eigenvalue weighted by Gasteiger charge is 2.20. The molecule has 6 nitrogen and oxygen atoms in total. The Morgan fingerprint density at radius 2 is 2.00 bits per heavy atom. The van der Waals surface area contributed by atoms with Crippen molar-refractivity contribution in [3.05, 3.63) is 40.7 Å². The van der Waals surface area contributed by atoms with Gasteiger partial charge in [-0.2, -0.15) is 0 Å². The molecule has 0 spiro atoms. The number of hydrogen-bond acceptors (Lipinski definition) is 3. The molecule has 1 aromatic heterocycles. The summed E-state index contributed by atoms with van der Waals surface area (Å²) in [5.74, 6) is 0.101. The van der Waals surface area contributed by atoms with Crippen LogP contribution in [0.15, 0.2) is 35.1 Å². The molecule has 0 aliphatic carbocycles. The molecule has 0 bridgehead atoms. The van der Waals surface area contributed by atoms with E-state index in [1.807, 2.05) is 24.3 Å². The second-order valence-corrected chi connectivity index (χ2v) is 5.28. The number of carbonyl (C=O) groups excluding carboxylic acids is 1. The zero-order chi connectivity index (χ0) is 14.7. The summed E-state index contributed by atoms with van der Waals surface area (Å²) < 4.78 is 0. The third-order valence-corrected chi connectivity index (χ3v) is 3.73. The Bertz CT molecular complexity index is 665. The van der Waals surface area contributed by atoms with Crippen LogP contribution in [-0.4, -0.2) is 29.2 Å². The number of amides is 1. The number of rotatable bonds is 3. The van der Waals surface area contributed by atoms with E-state index in [1.165, 1.54) is 6.07 Å². The van der Waals surface area contributed by atoms with Gasteiger partial charge >= 0.3 is 0 Å². The fourth-order valence-electron chi connectivity index (χ4n) is 2.54. The predicted octanol–water partition coefficient (Wildman–Crippen LogP) is 1.31. The maximum absolute atomic E-state index is 12.1. The lowest BCUT2D eigenvalue weighted by atomic mass is 9.99. The fourth-order valence-corrected chi connectivity index (χ4v) is 2.54. The Hall–Kier alpha value is -2.34. The van der Waals surface area contributed by atoms with Crippen LogP contribution in [0.4, 0.5) is 5.69 Å². The molecule has 1 aromatic carbocycles. The largest absolute Gasteiger partial charge is 0.326 e. The average Bonchev–Trinajstić information content (AvgIpc) is 2.95. The zero-order valence-corrected chi connectivity index (χ0v) is 11.6. The van der Waals surface area contributed by atoms with Crippen LogP contribution in [0.1, 0.15) is 12.8 Å². The van der Waals surface area contributed by atoms with Crippen LogP contribution in [0.25, 0.3) is 11.3 Å². The molecule has 0 unspecified atom stereocenters. The Balaban J connectivity index is 1.66. The van der Waals surface area contributed by atoms with Gasteiger partial charge in [-0.3, -0.25) is 19.8 Å². The van der Waals surface area contributed by atoms with Crippen molar-refractivity contribution in [1.29, 1.82) is 0 Å². The first-order valence-corrected chi connectivity index (χ1v) is 7.12. The van der Waals surface area contributed by atoms with Gasteiger partial charge in [0.05, 0.1) is 11.6 Å². The molecule has 0 saturated carbocycles. The summed E-state index contributed by atoms with van der Waals surface area (Å²) in [6.07, 6.45) is 1.97.